The molecule has 1 aromatic carbocycles. The summed E-state index contributed by atoms with van der Waals surface area (Å²) < 4.78 is 5.24. The van der Waals surface area contributed by atoms with Crippen LogP contribution in [0.5, 0.6) is 0 Å². The summed E-state index contributed by atoms with van der Waals surface area (Å²) in [5, 5.41) is 6.63. The summed E-state index contributed by atoms with van der Waals surface area (Å²) in [5.74, 6) is -0.0417. The molecule has 1 aliphatic rings. The van der Waals surface area contributed by atoms with Crippen LogP contribution in [-0.2, 0) is 0 Å². The lowest BCUT2D eigenvalue weighted by molar-refractivity contribution is 0.0942. The van der Waals surface area contributed by atoms with E-state index in [-0.39, 0.29) is 11.5 Å². The fraction of sp³-hybridized carbons (Fsp3) is 0.316. The second-order valence-electron chi connectivity index (χ2n) is 6.46. The molecule has 1 aliphatic heterocycles. The normalized spacial score (nSPS) is 17.4. The molecule has 1 atom stereocenters. The molecule has 26 heavy (non-hydrogen) atoms. The predicted molar refractivity (Wildman–Crippen MR) is 102 cm³/mol. The average Bonchev–Trinajstić information content (AvgIpc) is 3.20. The molecule has 0 bridgehead atoms. The summed E-state index contributed by atoms with van der Waals surface area (Å²) >= 11 is 1.63. The highest BCUT2D eigenvalue weighted by molar-refractivity contribution is 7.13. The minimum atomic E-state index is -0.603. The van der Waals surface area contributed by atoms with Crippen molar-refractivity contribution in [2.45, 2.75) is 12.8 Å². The van der Waals surface area contributed by atoms with Gasteiger partial charge in [-0.05, 0) is 30.9 Å². The Kier molecular flexibility index (Phi) is 4.71. The van der Waals surface area contributed by atoms with Gasteiger partial charge in [0.25, 0.3) is 5.91 Å². The number of nitrogens with zero attached hydrogens (tertiary/aromatic N) is 2. The third-order valence-corrected chi connectivity index (χ3v) is 5.48. The number of rotatable bonds is 4. The molecule has 0 spiro atoms. The van der Waals surface area contributed by atoms with Gasteiger partial charge in [0.1, 0.15) is 11.1 Å². The summed E-state index contributed by atoms with van der Waals surface area (Å²) in [6, 6.07) is 8.77. The number of amides is 1. The smallest absolute Gasteiger partial charge is 0.349 e. The second kappa shape index (κ2) is 7.29. The third-order valence-electron chi connectivity index (χ3n) is 4.65. The van der Waals surface area contributed by atoms with Crippen molar-refractivity contribution in [3.63, 3.8) is 0 Å². The van der Waals surface area contributed by atoms with E-state index < -0.39 is 5.63 Å². The molecule has 0 radical (unpaired) electrons. The molecule has 3 heterocycles. The highest BCUT2D eigenvalue weighted by Gasteiger charge is 2.23. The zero-order chi connectivity index (χ0) is 17.9. The molecule has 2 aromatic heterocycles. The molecule has 1 unspecified atom stereocenters. The number of nitrogens with one attached hydrogen (secondary N) is 1. The molecule has 0 saturated carbocycles. The van der Waals surface area contributed by atoms with Gasteiger partial charge in [-0.1, -0.05) is 18.2 Å². The van der Waals surface area contributed by atoms with Gasteiger partial charge in [0, 0.05) is 36.6 Å². The number of thiazole rings is 1. The zero-order valence-corrected chi connectivity index (χ0v) is 15.0. The molecule has 1 amide bonds. The van der Waals surface area contributed by atoms with Crippen molar-refractivity contribution in [3.05, 3.63) is 57.9 Å². The van der Waals surface area contributed by atoms with E-state index >= 15 is 0 Å². The highest BCUT2D eigenvalue weighted by Crippen LogP contribution is 2.24. The molecular formula is C19H19N3O3S. The van der Waals surface area contributed by atoms with Crippen molar-refractivity contribution in [1.82, 2.24) is 10.3 Å². The molecular weight excluding hydrogens is 350 g/mol. The van der Waals surface area contributed by atoms with Crippen LogP contribution in [0, 0.1) is 5.92 Å². The highest BCUT2D eigenvalue weighted by atomic mass is 32.1. The summed E-state index contributed by atoms with van der Waals surface area (Å²) in [6.45, 7) is 2.39. The number of fused-ring (bicyclic) bond motifs is 1. The molecule has 1 N–H and O–H groups in total. The number of carbonyl (C=O) groups excluding carboxylic acids is 1. The number of aromatic nitrogens is 1. The summed E-state index contributed by atoms with van der Waals surface area (Å²) in [7, 11) is 0. The topological polar surface area (TPSA) is 75.4 Å². The Hall–Kier alpha value is -2.67. The molecule has 3 aromatic rings. The van der Waals surface area contributed by atoms with Crippen molar-refractivity contribution in [2.75, 3.05) is 24.5 Å². The Morgan fingerprint density at radius 2 is 2.27 bits per heavy atom. The van der Waals surface area contributed by atoms with E-state index in [1.807, 2.05) is 23.7 Å². The maximum absolute atomic E-state index is 12.5. The first-order chi connectivity index (χ1) is 12.7. The number of piperidine rings is 1. The van der Waals surface area contributed by atoms with E-state index in [0.717, 1.165) is 36.4 Å². The number of carbonyl (C=O) groups is 1. The Morgan fingerprint density at radius 1 is 1.38 bits per heavy atom. The van der Waals surface area contributed by atoms with E-state index in [2.05, 4.69) is 15.2 Å². The van der Waals surface area contributed by atoms with Crippen LogP contribution in [-0.4, -0.2) is 30.5 Å². The van der Waals surface area contributed by atoms with E-state index in [1.54, 1.807) is 29.5 Å². The first-order valence-corrected chi connectivity index (χ1v) is 9.54. The number of benzene rings is 1. The van der Waals surface area contributed by atoms with Crippen LogP contribution in [0.2, 0.25) is 0 Å². The molecule has 134 valence electrons. The largest absolute Gasteiger partial charge is 0.422 e. The SMILES string of the molecule is O=C(NCC1CCCN(c2nccs2)C1)c1cc2ccccc2oc1=O. The first-order valence-electron chi connectivity index (χ1n) is 8.66. The maximum atomic E-state index is 12.5. The quantitative estimate of drug-likeness (QED) is 0.716. The van der Waals surface area contributed by atoms with Crippen molar-refractivity contribution in [2.24, 2.45) is 5.92 Å². The van der Waals surface area contributed by atoms with Gasteiger partial charge in [0.05, 0.1) is 0 Å². The Bertz CT molecular complexity index is 968. The van der Waals surface area contributed by atoms with E-state index in [4.69, 9.17) is 4.42 Å². The van der Waals surface area contributed by atoms with Crippen molar-refractivity contribution < 1.29 is 9.21 Å². The summed E-state index contributed by atoms with van der Waals surface area (Å²) in [6.07, 6.45) is 3.93. The van der Waals surface area contributed by atoms with E-state index in [0.29, 0.717) is 18.0 Å². The molecule has 7 heteroatoms. The van der Waals surface area contributed by atoms with Gasteiger partial charge >= 0.3 is 5.63 Å². The Balaban J connectivity index is 1.42. The van der Waals surface area contributed by atoms with Gasteiger partial charge < -0.3 is 14.6 Å². The van der Waals surface area contributed by atoms with Crippen molar-refractivity contribution in [1.29, 1.82) is 0 Å². The summed E-state index contributed by atoms with van der Waals surface area (Å²) in [5.41, 5.74) is -0.0639. The lowest BCUT2D eigenvalue weighted by atomic mass is 9.98. The van der Waals surface area contributed by atoms with Crippen LogP contribution >= 0.6 is 11.3 Å². The molecule has 1 fully saturated rings. The number of hydrogen-bond acceptors (Lipinski definition) is 6. The Labute approximate surface area is 154 Å². The zero-order valence-electron chi connectivity index (χ0n) is 14.2. The monoisotopic (exact) mass is 369 g/mol. The third kappa shape index (κ3) is 3.48. The lowest BCUT2D eigenvalue weighted by Gasteiger charge is -2.32. The predicted octanol–water partition coefficient (Wildman–Crippen LogP) is 2.90. The first kappa shape index (κ1) is 16.8. The van der Waals surface area contributed by atoms with Gasteiger partial charge in [0.15, 0.2) is 5.13 Å². The molecule has 0 aliphatic carbocycles. The maximum Gasteiger partial charge on any atom is 0.349 e. The van der Waals surface area contributed by atoms with Crippen LogP contribution in [0.4, 0.5) is 5.13 Å². The van der Waals surface area contributed by atoms with Crippen LogP contribution in [0.1, 0.15) is 23.2 Å². The standard InChI is InChI=1S/C19H19N3O3S/c23-17(15-10-14-5-1-2-6-16(14)25-18(15)24)21-11-13-4-3-8-22(12-13)19-20-7-9-26-19/h1-2,5-7,9-10,13H,3-4,8,11-12H2,(H,21,23). The van der Waals surface area contributed by atoms with Crippen LogP contribution in [0.3, 0.4) is 0 Å². The number of hydrogen-bond donors (Lipinski definition) is 1. The van der Waals surface area contributed by atoms with E-state index in [1.165, 1.54) is 0 Å². The van der Waals surface area contributed by atoms with Gasteiger partial charge in [-0.15, -0.1) is 11.3 Å². The van der Waals surface area contributed by atoms with Crippen molar-refractivity contribution in [3.8, 4) is 0 Å². The second-order valence-corrected chi connectivity index (χ2v) is 7.34. The van der Waals surface area contributed by atoms with Gasteiger partial charge in [-0.2, -0.15) is 0 Å². The van der Waals surface area contributed by atoms with Crippen LogP contribution in [0.15, 0.2) is 51.1 Å². The van der Waals surface area contributed by atoms with E-state index in [9.17, 15) is 9.59 Å². The number of para-hydroxylation sites is 1. The minimum Gasteiger partial charge on any atom is -0.422 e. The van der Waals surface area contributed by atoms with Crippen molar-refractivity contribution >= 4 is 33.3 Å². The fourth-order valence-electron chi connectivity index (χ4n) is 3.33. The Morgan fingerprint density at radius 3 is 3.12 bits per heavy atom. The van der Waals surface area contributed by atoms with Gasteiger partial charge in [-0.25, -0.2) is 9.78 Å². The molecule has 4 rings (SSSR count). The average molecular weight is 369 g/mol. The minimum absolute atomic E-state index is 0.0521. The number of anilines is 1. The molecule has 6 nitrogen and oxygen atoms in total. The lowest BCUT2D eigenvalue weighted by Crippen LogP contribution is -2.41. The fourth-order valence-corrected chi connectivity index (χ4v) is 4.01. The molecule has 1 saturated heterocycles. The summed E-state index contributed by atoms with van der Waals surface area (Å²) in [4.78, 5) is 31.2. The van der Waals surface area contributed by atoms with Crippen LogP contribution < -0.4 is 15.8 Å². The van der Waals surface area contributed by atoms with Crippen LogP contribution in [0.25, 0.3) is 11.0 Å². The van der Waals surface area contributed by atoms with Gasteiger partial charge in [0.2, 0.25) is 0 Å². The van der Waals surface area contributed by atoms with Gasteiger partial charge in [-0.3, -0.25) is 4.79 Å².